The molecule has 2 aromatic carbocycles. The van der Waals surface area contributed by atoms with Crippen LogP contribution < -0.4 is 21.3 Å². The van der Waals surface area contributed by atoms with E-state index in [4.69, 9.17) is 4.74 Å². The molecule has 0 atom stereocenters. The Hall–Kier alpha value is -5.98. The fourth-order valence-corrected chi connectivity index (χ4v) is 4.43. The van der Waals surface area contributed by atoms with Gasteiger partial charge in [0.05, 0.1) is 11.9 Å². The number of ether oxygens (including phenoxy) is 1. The van der Waals surface area contributed by atoms with E-state index in [0.717, 1.165) is 29.0 Å². The van der Waals surface area contributed by atoms with Crippen molar-refractivity contribution in [3.63, 3.8) is 0 Å². The fraction of sp³-hybridized carbons (Fsp3) is 0.0667. The summed E-state index contributed by atoms with van der Waals surface area (Å²) in [5, 5.41) is 6.73. The van der Waals surface area contributed by atoms with E-state index in [0.29, 0.717) is 22.7 Å². The van der Waals surface area contributed by atoms with Gasteiger partial charge in [0, 0.05) is 48.6 Å². The van der Waals surface area contributed by atoms with Crippen LogP contribution in [0.1, 0.15) is 17.3 Å². The van der Waals surface area contributed by atoms with Crippen molar-refractivity contribution in [2.75, 3.05) is 5.32 Å². The van der Waals surface area contributed by atoms with E-state index < -0.39 is 28.8 Å². The Kier molecular flexibility index (Phi) is 7.04. The quantitative estimate of drug-likeness (QED) is 0.295. The van der Waals surface area contributed by atoms with Crippen LogP contribution >= 0.6 is 0 Å². The second-order valence-corrected chi connectivity index (χ2v) is 9.26. The molecular weight excluding hydrogens is 560 g/mol. The fourth-order valence-electron chi connectivity index (χ4n) is 4.43. The third-order valence-corrected chi connectivity index (χ3v) is 6.53. The number of nitrogens with zero attached hydrogens (tertiary/aromatic N) is 6. The predicted molar refractivity (Wildman–Crippen MR) is 153 cm³/mol. The van der Waals surface area contributed by atoms with Gasteiger partial charge in [-0.1, -0.05) is 0 Å². The number of aryl methyl sites for hydroxylation is 1. The van der Waals surface area contributed by atoms with E-state index in [9.17, 15) is 18.8 Å². The first-order valence-corrected chi connectivity index (χ1v) is 13.0. The first-order chi connectivity index (χ1) is 20.8. The van der Waals surface area contributed by atoms with Gasteiger partial charge in [0.1, 0.15) is 16.9 Å². The van der Waals surface area contributed by atoms with E-state index >= 15 is 4.39 Å². The molecule has 0 unspecified atom stereocenters. The number of benzene rings is 2. The van der Waals surface area contributed by atoms with Gasteiger partial charge in [-0.15, -0.1) is 0 Å². The number of hydrogen-bond donors (Lipinski definition) is 1. The SMILES string of the molecule is CCn1cc(C(=O)Nc2ccc(Oc3cc(-c4ncccn4)cn4nccc34)c(F)c2)c(=O)n(-c2ccc(F)cc2)c1=O. The van der Waals surface area contributed by atoms with Crippen LogP contribution in [0.5, 0.6) is 11.5 Å². The maximum absolute atomic E-state index is 15.2. The Bertz CT molecular complexity index is 2110. The number of rotatable bonds is 7. The molecule has 0 spiro atoms. The Balaban J connectivity index is 1.29. The minimum atomic E-state index is -0.911. The summed E-state index contributed by atoms with van der Waals surface area (Å²) in [5.74, 6) is -1.63. The molecule has 0 saturated heterocycles. The van der Waals surface area contributed by atoms with Crippen LogP contribution in [0.4, 0.5) is 14.5 Å². The Labute approximate surface area is 241 Å². The smallest absolute Gasteiger partial charge is 0.335 e. The molecule has 6 rings (SSSR count). The van der Waals surface area contributed by atoms with Gasteiger partial charge in [-0.05, 0) is 61.5 Å². The number of halogens is 2. The van der Waals surface area contributed by atoms with Gasteiger partial charge in [0.2, 0.25) is 0 Å². The zero-order valence-electron chi connectivity index (χ0n) is 22.4. The summed E-state index contributed by atoms with van der Waals surface area (Å²) >= 11 is 0. The lowest BCUT2D eigenvalue weighted by atomic mass is 10.2. The van der Waals surface area contributed by atoms with Crippen LogP contribution in [0.15, 0.2) is 101 Å². The molecule has 0 fully saturated rings. The number of carbonyl (C=O) groups excluding carboxylic acids is 1. The molecule has 4 heterocycles. The lowest BCUT2D eigenvalue weighted by Crippen LogP contribution is -2.42. The average Bonchev–Trinajstić information content (AvgIpc) is 3.49. The van der Waals surface area contributed by atoms with Gasteiger partial charge < -0.3 is 10.1 Å². The number of fused-ring (bicyclic) bond motifs is 1. The van der Waals surface area contributed by atoms with Crippen LogP contribution in [-0.4, -0.2) is 34.6 Å². The average molecular weight is 582 g/mol. The van der Waals surface area contributed by atoms with Crippen molar-refractivity contribution in [3.05, 3.63) is 130 Å². The van der Waals surface area contributed by atoms with Crippen molar-refractivity contribution in [2.45, 2.75) is 13.5 Å². The molecule has 0 saturated carbocycles. The minimum Gasteiger partial charge on any atom is -0.452 e. The summed E-state index contributed by atoms with van der Waals surface area (Å²) in [6, 6.07) is 13.5. The standard InChI is InChI=1S/C30H21F2N7O4/c1-2-37-17-22(29(41)39(30(37)42)21-7-4-19(31)5-8-21)28(40)36-20-6-9-25(23(32)15-20)43-26-14-18(27-33-11-3-12-34-27)16-38-24(26)10-13-35-38/h3-17H,2H2,1H3,(H,36,40). The van der Waals surface area contributed by atoms with Crippen LogP contribution in [0, 0.1) is 11.6 Å². The topological polar surface area (TPSA) is 125 Å². The number of anilines is 1. The number of nitrogens with one attached hydrogen (secondary N) is 1. The summed E-state index contributed by atoms with van der Waals surface area (Å²) in [4.78, 5) is 47.7. The van der Waals surface area contributed by atoms with Crippen LogP contribution in [0.3, 0.4) is 0 Å². The van der Waals surface area contributed by atoms with Crippen molar-refractivity contribution in [1.82, 2.24) is 28.7 Å². The lowest BCUT2D eigenvalue weighted by Gasteiger charge is -2.13. The van der Waals surface area contributed by atoms with E-state index in [1.54, 1.807) is 54.4 Å². The molecule has 0 aliphatic rings. The highest BCUT2D eigenvalue weighted by Crippen LogP contribution is 2.32. The van der Waals surface area contributed by atoms with Gasteiger partial charge in [0.25, 0.3) is 11.5 Å². The summed E-state index contributed by atoms with van der Waals surface area (Å²) in [6.07, 6.45) is 7.61. The summed E-state index contributed by atoms with van der Waals surface area (Å²) in [7, 11) is 0. The molecule has 1 N–H and O–H groups in total. The van der Waals surface area contributed by atoms with Crippen LogP contribution in [-0.2, 0) is 6.54 Å². The summed E-state index contributed by atoms with van der Waals surface area (Å²) in [5.41, 5.74) is -0.677. The number of hydrogen-bond acceptors (Lipinski definition) is 7. The highest BCUT2D eigenvalue weighted by atomic mass is 19.1. The van der Waals surface area contributed by atoms with Gasteiger partial charge in [-0.3, -0.25) is 14.2 Å². The third kappa shape index (κ3) is 5.26. The molecule has 0 aliphatic carbocycles. The molecule has 0 bridgehead atoms. The van der Waals surface area contributed by atoms with Crippen molar-refractivity contribution in [2.24, 2.45) is 0 Å². The number of pyridine rings is 1. The first kappa shape index (κ1) is 27.2. The molecule has 11 nitrogen and oxygen atoms in total. The van der Waals surface area contributed by atoms with Crippen molar-refractivity contribution in [3.8, 4) is 28.6 Å². The molecule has 13 heteroatoms. The van der Waals surface area contributed by atoms with E-state index in [-0.39, 0.29) is 29.2 Å². The maximum Gasteiger partial charge on any atom is 0.335 e. The van der Waals surface area contributed by atoms with E-state index in [2.05, 4.69) is 20.4 Å². The third-order valence-electron chi connectivity index (χ3n) is 6.53. The second-order valence-electron chi connectivity index (χ2n) is 9.26. The highest BCUT2D eigenvalue weighted by Gasteiger charge is 2.20. The van der Waals surface area contributed by atoms with Gasteiger partial charge in [-0.2, -0.15) is 5.10 Å². The van der Waals surface area contributed by atoms with Gasteiger partial charge in [0.15, 0.2) is 23.1 Å². The van der Waals surface area contributed by atoms with Crippen LogP contribution in [0.2, 0.25) is 0 Å². The molecule has 0 aliphatic heterocycles. The maximum atomic E-state index is 15.2. The second kappa shape index (κ2) is 11.1. The number of aromatic nitrogens is 6. The predicted octanol–water partition coefficient (Wildman–Crippen LogP) is 4.45. The zero-order chi connectivity index (χ0) is 30.1. The van der Waals surface area contributed by atoms with Gasteiger partial charge in [-0.25, -0.2) is 32.6 Å². The number of amides is 1. The number of carbonyl (C=O) groups is 1. The van der Waals surface area contributed by atoms with Crippen molar-refractivity contribution in [1.29, 1.82) is 0 Å². The Morgan fingerprint density at radius 1 is 0.930 bits per heavy atom. The first-order valence-electron chi connectivity index (χ1n) is 13.0. The molecule has 43 heavy (non-hydrogen) atoms. The van der Waals surface area contributed by atoms with Crippen molar-refractivity contribution < 1.29 is 18.3 Å². The summed E-state index contributed by atoms with van der Waals surface area (Å²) < 4.78 is 38.1. The zero-order valence-corrected chi connectivity index (χ0v) is 22.4. The molecule has 6 aromatic rings. The molecule has 1 amide bonds. The molecular formula is C30H21F2N7O4. The highest BCUT2D eigenvalue weighted by molar-refractivity contribution is 6.03. The van der Waals surface area contributed by atoms with Gasteiger partial charge >= 0.3 is 5.69 Å². The monoisotopic (exact) mass is 581 g/mol. The molecule has 0 radical (unpaired) electrons. The lowest BCUT2D eigenvalue weighted by molar-refractivity contribution is 0.102. The normalized spacial score (nSPS) is 11.0. The Morgan fingerprint density at radius 2 is 1.70 bits per heavy atom. The Morgan fingerprint density at radius 3 is 2.42 bits per heavy atom. The minimum absolute atomic E-state index is 0.0396. The summed E-state index contributed by atoms with van der Waals surface area (Å²) in [6.45, 7) is 1.82. The van der Waals surface area contributed by atoms with E-state index in [1.807, 2.05) is 0 Å². The largest absolute Gasteiger partial charge is 0.452 e. The van der Waals surface area contributed by atoms with Crippen molar-refractivity contribution >= 4 is 17.1 Å². The molecule has 4 aromatic heterocycles. The molecule has 214 valence electrons. The van der Waals surface area contributed by atoms with E-state index in [1.165, 1.54) is 28.8 Å². The van der Waals surface area contributed by atoms with Crippen LogP contribution in [0.25, 0.3) is 22.6 Å².